The third kappa shape index (κ3) is 6.91. The first-order valence-electron chi connectivity index (χ1n) is 6.24. The highest BCUT2D eigenvalue weighted by molar-refractivity contribution is 7.80. The predicted octanol–water partition coefficient (Wildman–Crippen LogP) is 0.549. The van der Waals surface area contributed by atoms with E-state index in [9.17, 15) is 4.79 Å². The SMILES string of the molecule is COCCNC(=S)NNC(=O)CNc1ccc(C)cc1. The Bertz CT molecular complexity index is 437. The van der Waals surface area contributed by atoms with Crippen molar-refractivity contribution in [3.8, 4) is 0 Å². The first-order chi connectivity index (χ1) is 9.61. The highest BCUT2D eigenvalue weighted by Gasteiger charge is 2.01. The Morgan fingerprint density at radius 3 is 2.60 bits per heavy atom. The average Bonchev–Trinajstić information content (AvgIpc) is 2.45. The Kier molecular flexibility index (Phi) is 7.38. The summed E-state index contributed by atoms with van der Waals surface area (Å²) < 4.78 is 4.87. The molecule has 0 aliphatic rings. The third-order valence-electron chi connectivity index (χ3n) is 2.41. The van der Waals surface area contributed by atoms with Crippen LogP contribution in [0.5, 0.6) is 0 Å². The number of carbonyl (C=O) groups excluding carboxylic acids is 1. The Morgan fingerprint density at radius 2 is 1.95 bits per heavy atom. The molecule has 1 aromatic rings. The second-order valence-corrected chi connectivity index (χ2v) is 4.55. The quantitative estimate of drug-likeness (QED) is 0.349. The molecule has 0 heterocycles. The highest BCUT2D eigenvalue weighted by Crippen LogP contribution is 2.07. The van der Waals surface area contributed by atoms with Gasteiger partial charge in [0.2, 0.25) is 0 Å². The normalized spacial score (nSPS) is 9.70. The molecule has 0 aliphatic heterocycles. The zero-order valence-corrected chi connectivity index (χ0v) is 12.5. The number of benzene rings is 1. The van der Waals surface area contributed by atoms with Crippen molar-refractivity contribution in [2.24, 2.45) is 0 Å². The van der Waals surface area contributed by atoms with Gasteiger partial charge in [-0.1, -0.05) is 17.7 Å². The lowest BCUT2D eigenvalue weighted by Gasteiger charge is -2.12. The predicted molar refractivity (Wildman–Crippen MR) is 83.4 cm³/mol. The van der Waals surface area contributed by atoms with Gasteiger partial charge in [0.25, 0.3) is 5.91 Å². The molecule has 0 fully saturated rings. The fourth-order valence-electron chi connectivity index (χ4n) is 1.34. The van der Waals surface area contributed by atoms with Crippen LogP contribution in [0.1, 0.15) is 5.56 Å². The summed E-state index contributed by atoms with van der Waals surface area (Å²) in [6.45, 7) is 3.30. The number of amides is 1. The molecule has 7 heteroatoms. The van der Waals surface area contributed by atoms with Crippen molar-refractivity contribution in [2.45, 2.75) is 6.92 Å². The van der Waals surface area contributed by atoms with E-state index in [-0.39, 0.29) is 12.5 Å². The average molecular weight is 296 g/mol. The van der Waals surface area contributed by atoms with E-state index >= 15 is 0 Å². The molecule has 6 nitrogen and oxygen atoms in total. The second-order valence-electron chi connectivity index (χ2n) is 4.14. The molecular formula is C13H20N4O2S. The highest BCUT2D eigenvalue weighted by atomic mass is 32.1. The molecule has 0 saturated heterocycles. The number of hydrogen-bond acceptors (Lipinski definition) is 4. The van der Waals surface area contributed by atoms with Gasteiger partial charge in [0.05, 0.1) is 13.2 Å². The first-order valence-corrected chi connectivity index (χ1v) is 6.65. The van der Waals surface area contributed by atoms with Gasteiger partial charge >= 0.3 is 0 Å². The van der Waals surface area contributed by atoms with Crippen molar-refractivity contribution in [3.63, 3.8) is 0 Å². The smallest absolute Gasteiger partial charge is 0.257 e. The minimum Gasteiger partial charge on any atom is -0.383 e. The van der Waals surface area contributed by atoms with Crippen molar-refractivity contribution in [3.05, 3.63) is 29.8 Å². The molecule has 0 saturated carbocycles. The zero-order chi connectivity index (χ0) is 14.8. The van der Waals surface area contributed by atoms with Gasteiger partial charge in [-0.25, -0.2) is 0 Å². The van der Waals surface area contributed by atoms with E-state index in [2.05, 4.69) is 21.5 Å². The summed E-state index contributed by atoms with van der Waals surface area (Å²) in [6, 6.07) is 7.81. The van der Waals surface area contributed by atoms with Crippen LogP contribution in [-0.2, 0) is 9.53 Å². The molecule has 0 atom stereocenters. The summed E-state index contributed by atoms with van der Waals surface area (Å²) in [6.07, 6.45) is 0. The van der Waals surface area contributed by atoms with E-state index < -0.39 is 0 Å². The van der Waals surface area contributed by atoms with E-state index in [1.54, 1.807) is 7.11 Å². The summed E-state index contributed by atoms with van der Waals surface area (Å²) in [5.41, 5.74) is 7.18. The Labute approximate surface area is 124 Å². The molecule has 0 bridgehead atoms. The van der Waals surface area contributed by atoms with Crippen LogP contribution in [0.2, 0.25) is 0 Å². The largest absolute Gasteiger partial charge is 0.383 e. The van der Waals surface area contributed by atoms with Crippen molar-refractivity contribution in [2.75, 3.05) is 32.1 Å². The maximum Gasteiger partial charge on any atom is 0.257 e. The molecule has 1 rings (SSSR count). The molecule has 0 unspecified atom stereocenters. The third-order valence-corrected chi connectivity index (χ3v) is 2.66. The molecule has 4 N–H and O–H groups in total. The standard InChI is InChI=1S/C13H20N4O2S/c1-10-3-5-11(6-4-10)15-9-12(18)16-17-13(20)14-7-8-19-2/h3-6,15H,7-9H2,1-2H3,(H,16,18)(H2,14,17,20). The van der Waals surface area contributed by atoms with E-state index in [4.69, 9.17) is 17.0 Å². The van der Waals surface area contributed by atoms with Gasteiger partial charge in [0.15, 0.2) is 5.11 Å². The van der Waals surface area contributed by atoms with E-state index in [0.717, 1.165) is 5.69 Å². The number of hydrazine groups is 1. The zero-order valence-electron chi connectivity index (χ0n) is 11.7. The number of methoxy groups -OCH3 is 1. The van der Waals surface area contributed by atoms with Crippen LogP contribution < -0.4 is 21.5 Å². The molecule has 0 spiro atoms. The topological polar surface area (TPSA) is 74.4 Å². The van der Waals surface area contributed by atoms with Crippen LogP contribution in [0.25, 0.3) is 0 Å². The van der Waals surface area contributed by atoms with Crippen LogP contribution in [0.15, 0.2) is 24.3 Å². The van der Waals surface area contributed by atoms with Crippen LogP contribution in [-0.4, -0.2) is 37.8 Å². The monoisotopic (exact) mass is 296 g/mol. The van der Waals surface area contributed by atoms with Crippen LogP contribution in [0, 0.1) is 6.92 Å². The van der Waals surface area contributed by atoms with Gasteiger partial charge in [0, 0.05) is 19.3 Å². The number of rotatable bonds is 6. The number of aryl methyl sites for hydroxylation is 1. The number of ether oxygens (including phenoxy) is 1. The maximum absolute atomic E-state index is 11.6. The summed E-state index contributed by atoms with van der Waals surface area (Å²) in [4.78, 5) is 11.6. The van der Waals surface area contributed by atoms with Gasteiger partial charge in [-0.3, -0.25) is 15.6 Å². The molecular weight excluding hydrogens is 276 g/mol. The summed E-state index contributed by atoms with van der Waals surface area (Å²) >= 11 is 4.96. The first kappa shape index (κ1) is 16.2. The minimum absolute atomic E-state index is 0.163. The number of nitrogens with one attached hydrogen (secondary N) is 4. The molecule has 0 aromatic heterocycles. The van der Waals surface area contributed by atoms with Crippen molar-refractivity contribution < 1.29 is 9.53 Å². The Hall–Kier alpha value is -1.86. The number of carbonyl (C=O) groups is 1. The second kappa shape index (κ2) is 9.11. The fourth-order valence-corrected chi connectivity index (χ4v) is 1.49. The summed E-state index contributed by atoms with van der Waals surface area (Å²) in [7, 11) is 1.61. The van der Waals surface area contributed by atoms with Gasteiger partial charge in [-0.2, -0.15) is 0 Å². The van der Waals surface area contributed by atoms with Crippen LogP contribution >= 0.6 is 12.2 Å². The van der Waals surface area contributed by atoms with Gasteiger partial charge < -0.3 is 15.4 Å². The molecule has 0 aliphatic carbocycles. The van der Waals surface area contributed by atoms with E-state index in [1.807, 2.05) is 31.2 Å². The fraction of sp³-hybridized carbons (Fsp3) is 0.385. The number of thiocarbonyl (C=S) groups is 1. The lowest BCUT2D eigenvalue weighted by atomic mass is 10.2. The van der Waals surface area contributed by atoms with E-state index in [0.29, 0.717) is 18.3 Å². The van der Waals surface area contributed by atoms with Gasteiger partial charge in [-0.15, -0.1) is 0 Å². The Balaban J connectivity index is 2.17. The molecule has 110 valence electrons. The van der Waals surface area contributed by atoms with Crippen molar-refractivity contribution in [1.82, 2.24) is 16.2 Å². The molecule has 1 amide bonds. The molecule has 1 aromatic carbocycles. The maximum atomic E-state index is 11.6. The van der Waals surface area contributed by atoms with Crippen molar-refractivity contribution in [1.29, 1.82) is 0 Å². The summed E-state index contributed by atoms with van der Waals surface area (Å²) in [5, 5.41) is 6.24. The lowest BCUT2D eigenvalue weighted by Crippen LogP contribution is -2.48. The molecule has 20 heavy (non-hydrogen) atoms. The summed E-state index contributed by atoms with van der Waals surface area (Å²) in [5.74, 6) is -0.207. The minimum atomic E-state index is -0.207. The van der Waals surface area contributed by atoms with Crippen LogP contribution in [0.4, 0.5) is 5.69 Å². The van der Waals surface area contributed by atoms with Gasteiger partial charge in [0.1, 0.15) is 0 Å². The van der Waals surface area contributed by atoms with E-state index in [1.165, 1.54) is 5.56 Å². The lowest BCUT2D eigenvalue weighted by molar-refractivity contribution is -0.119. The molecule has 0 radical (unpaired) electrons. The number of hydrogen-bond donors (Lipinski definition) is 4. The Morgan fingerprint density at radius 1 is 1.25 bits per heavy atom. The van der Waals surface area contributed by atoms with Gasteiger partial charge in [-0.05, 0) is 31.3 Å². The van der Waals surface area contributed by atoms with Crippen molar-refractivity contribution >= 4 is 28.9 Å². The van der Waals surface area contributed by atoms with Crippen LogP contribution in [0.3, 0.4) is 0 Å². The number of anilines is 1.